The summed E-state index contributed by atoms with van der Waals surface area (Å²) in [5.74, 6) is -1.28. The molecule has 0 radical (unpaired) electrons. The Morgan fingerprint density at radius 3 is 2.83 bits per heavy atom. The smallest absolute Gasteiger partial charge is 0.335 e. The molecule has 0 aliphatic carbocycles. The highest BCUT2D eigenvalue weighted by atomic mass is 32.1. The first-order valence-electron chi connectivity index (χ1n) is 6.89. The molecule has 8 heteroatoms. The number of carbonyl (C=O) groups is 2. The predicted molar refractivity (Wildman–Crippen MR) is 94.2 cm³/mol. The minimum Gasteiger partial charge on any atom is -0.478 e. The number of nitrogens with one attached hydrogen (secondary N) is 1. The van der Waals surface area contributed by atoms with Crippen LogP contribution in [0.4, 0.5) is 5.13 Å². The van der Waals surface area contributed by atoms with E-state index in [0.29, 0.717) is 26.4 Å². The fraction of sp³-hybridized carbons (Fsp3) is 0. The summed E-state index contributed by atoms with van der Waals surface area (Å²) in [6.07, 6.45) is 0. The number of rotatable bonds is 3. The summed E-state index contributed by atoms with van der Waals surface area (Å²) in [6.45, 7) is 0. The molecule has 1 amide bonds. The molecule has 0 saturated carbocycles. The van der Waals surface area contributed by atoms with Crippen LogP contribution in [0, 0.1) is 0 Å². The lowest BCUT2D eigenvalue weighted by molar-refractivity contribution is 0.0697. The van der Waals surface area contributed by atoms with E-state index in [1.54, 1.807) is 23.7 Å². The van der Waals surface area contributed by atoms with Crippen LogP contribution in [0.3, 0.4) is 0 Å². The van der Waals surface area contributed by atoms with Crippen molar-refractivity contribution in [2.24, 2.45) is 0 Å². The predicted octanol–water partition coefficient (Wildman–Crippen LogP) is 3.86. The first-order valence-corrected chi connectivity index (χ1v) is 8.59. The number of hydrogen-bond acceptors (Lipinski definition) is 6. The van der Waals surface area contributed by atoms with Crippen molar-refractivity contribution in [1.29, 1.82) is 0 Å². The minimum atomic E-state index is -0.994. The van der Waals surface area contributed by atoms with Gasteiger partial charge in [-0.15, -0.1) is 11.3 Å². The summed E-state index contributed by atoms with van der Waals surface area (Å²) in [4.78, 5) is 32.1. The molecule has 2 aromatic carbocycles. The number of hydrogen-bond donors (Lipinski definition) is 2. The van der Waals surface area contributed by atoms with Crippen molar-refractivity contribution in [3.05, 3.63) is 53.0 Å². The van der Waals surface area contributed by atoms with Gasteiger partial charge in [0.05, 0.1) is 37.1 Å². The monoisotopic (exact) mass is 355 g/mol. The van der Waals surface area contributed by atoms with Crippen molar-refractivity contribution in [2.75, 3.05) is 5.32 Å². The fourth-order valence-electron chi connectivity index (χ4n) is 2.35. The van der Waals surface area contributed by atoms with Gasteiger partial charge in [0, 0.05) is 0 Å². The largest absolute Gasteiger partial charge is 0.478 e. The van der Waals surface area contributed by atoms with Crippen LogP contribution in [0.5, 0.6) is 0 Å². The Morgan fingerprint density at radius 2 is 2.00 bits per heavy atom. The second-order valence-corrected chi connectivity index (χ2v) is 6.88. The Bertz CT molecular complexity index is 1100. The summed E-state index contributed by atoms with van der Waals surface area (Å²) in [5, 5.41) is 12.2. The van der Waals surface area contributed by atoms with Gasteiger partial charge < -0.3 is 5.11 Å². The molecular weight excluding hydrogens is 346 g/mol. The highest BCUT2D eigenvalue weighted by Gasteiger charge is 2.15. The molecule has 0 saturated heterocycles. The molecule has 0 bridgehead atoms. The second-order valence-electron chi connectivity index (χ2n) is 4.97. The molecule has 118 valence electrons. The van der Waals surface area contributed by atoms with Crippen molar-refractivity contribution in [3.63, 3.8) is 0 Å². The molecule has 6 nitrogen and oxygen atoms in total. The normalized spacial score (nSPS) is 11.0. The zero-order chi connectivity index (χ0) is 16.7. The number of carbonyl (C=O) groups excluding carboxylic acids is 1. The number of fused-ring (bicyclic) bond motifs is 2. The zero-order valence-electron chi connectivity index (χ0n) is 12.0. The maximum absolute atomic E-state index is 12.5. The van der Waals surface area contributed by atoms with E-state index in [4.69, 9.17) is 5.11 Å². The number of carboxylic acids is 1. The average molecular weight is 355 g/mol. The minimum absolute atomic E-state index is 0.191. The molecule has 0 unspecified atom stereocenters. The number of aromatic carboxylic acids is 1. The molecule has 2 N–H and O–H groups in total. The van der Waals surface area contributed by atoms with E-state index in [-0.39, 0.29) is 11.5 Å². The molecule has 0 spiro atoms. The Hall–Kier alpha value is -2.84. The van der Waals surface area contributed by atoms with Gasteiger partial charge in [0.25, 0.3) is 5.91 Å². The molecule has 0 aliphatic heterocycles. The Kier molecular flexibility index (Phi) is 3.47. The lowest BCUT2D eigenvalue weighted by Crippen LogP contribution is -2.12. The van der Waals surface area contributed by atoms with Crippen LogP contribution in [-0.4, -0.2) is 27.0 Å². The first kappa shape index (κ1) is 14.7. The van der Waals surface area contributed by atoms with Gasteiger partial charge in [0.15, 0.2) is 5.13 Å². The SMILES string of the molecule is O=C(O)c1ccc2nc(NC(=O)c3cccc4scnc34)sc2c1. The van der Waals surface area contributed by atoms with E-state index >= 15 is 0 Å². The fourth-order valence-corrected chi connectivity index (χ4v) is 3.95. The molecule has 0 fully saturated rings. The first-order chi connectivity index (χ1) is 11.6. The van der Waals surface area contributed by atoms with Crippen LogP contribution >= 0.6 is 22.7 Å². The van der Waals surface area contributed by atoms with Gasteiger partial charge in [-0.25, -0.2) is 14.8 Å². The Balaban J connectivity index is 1.67. The van der Waals surface area contributed by atoms with Gasteiger partial charge in [0.2, 0.25) is 0 Å². The molecule has 0 aliphatic rings. The molecule has 24 heavy (non-hydrogen) atoms. The van der Waals surface area contributed by atoms with Crippen molar-refractivity contribution in [1.82, 2.24) is 9.97 Å². The van der Waals surface area contributed by atoms with Gasteiger partial charge in [-0.1, -0.05) is 17.4 Å². The highest BCUT2D eigenvalue weighted by molar-refractivity contribution is 7.22. The molecule has 4 rings (SSSR count). The number of amides is 1. The quantitative estimate of drug-likeness (QED) is 0.582. The molecular formula is C16H9N3O3S2. The van der Waals surface area contributed by atoms with Gasteiger partial charge in [0.1, 0.15) is 0 Å². The molecule has 2 heterocycles. The average Bonchev–Trinajstić information content (AvgIpc) is 3.19. The van der Waals surface area contributed by atoms with Crippen molar-refractivity contribution >= 4 is 60.1 Å². The van der Waals surface area contributed by atoms with Crippen molar-refractivity contribution < 1.29 is 14.7 Å². The highest BCUT2D eigenvalue weighted by Crippen LogP contribution is 2.28. The summed E-state index contributed by atoms with van der Waals surface area (Å²) in [7, 11) is 0. The lowest BCUT2D eigenvalue weighted by atomic mass is 10.2. The molecule has 4 aromatic rings. The standard InChI is InChI=1S/C16H9N3O3S2/c20-14(9-2-1-3-11-13(9)17-7-23-11)19-16-18-10-5-4-8(15(21)22)6-12(10)24-16/h1-7H,(H,21,22)(H,18,19,20). The van der Waals surface area contributed by atoms with E-state index in [9.17, 15) is 9.59 Å². The Labute approximate surface area is 143 Å². The van der Waals surface area contributed by atoms with Gasteiger partial charge in [-0.05, 0) is 30.3 Å². The van der Waals surface area contributed by atoms with Gasteiger partial charge in [-0.2, -0.15) is 0 Å². The van der Waals surface area contributed by atoms with Crippen LogP contribution in [0.25, 0.3) is 20.4 Å². The summed E-state index contributed by atoms with van der Waals surface area (Å²) in [6, 6.07) is 10.1. The lowest BCUT2D eigenvalue weighted by Gasteiger charge is -2.02. The van der Waals surface area contributed by atoms with E-state index in [1.807, 2.05) is 12.1 Å². The van der Waals surface area contributed by atoms with E-state index in [0.717, 1.165) is 4.70 Å². The second kappa shape index (κ2) is 5.66. The summed E-state index contributed by atoms with van der Waals surface area (Å²) in [5.41, 5.74) is 3.68. The third-order valence-electron chi connectivity index (χ3n) is 3.46. The van der Waals surface area contributed by atoms with Crippen LogP contribution in [0.15, 0.2) is 41.9 Å². The number of thiazole rings is 2. The Morgan fingerprint density at radius 1 is 1.12 bits per heavy atom. The van der Waals surface area contributed by atoms with Gasteiger partial charge >= 0.3 is 5.97 Å². The van der Waals surface area contributed by atoms with E-state index in [2.05, 4.69) is 15.3 Å². The maximum atomic E-state index is 12.5. The van der Waals surface area contributed by atoms with Crippen molar-refractivity contribution in [2.45, 2.75) is 0 Å². The zero-order valence-corrected chi connectivity index (χ0v) is 13.6. The van der Waals surface area contributed by atoms with Crippen LogP contribution in [0.2, 0.25) is 0 Å². The number of carboxylic acid groups (broad SMARTS) is 1. The van der Waals surface area contributed by atoms with E-state index < -0.39 is 5.97 Å². The topological polar surface area (TPSA) is 92.2 Å². The number of aromatic nitrogens is 2. The maximum Gasteiger partial charge on any atom is 0.335 e. The molecule has 0 atom stereocenters. The van der Waals surface area contributed by atoms with E-state index in [1.165, 1.54) is 28.7 Å². The van der Waals surface area contributed by atoms with Crippen LogP contribution in [0.1, 0.15) is 20.7 Å². The third kappa shape index (κ3) is 2.51. The number of nitrogens with zero attached hydrogens (tertiary/aromatic N) is 2. The molecule has 2 aromatic heterocycles. The van der Waals surface area contributed by atoms with Crippen molar-refractivity contribution in [3.8, 4) is 0 Å². The van der Waals surface area contributed by atoms with Crippen LogP contribution in [-0.2, 0) is 0 Å². The number of para-hydroxylation sites is 1. The number of benzene rings is 2. The van der Waals surface area contributed by atoms with Gasteiger partial charge in [-0.3, -0.25) is 10.1 Å². The summed E-state index contributed by atoms with van der Waals surface area (Å²) >= 11 is 2.71. The number of anilines is 1. The summed E-state index contributed by atoms with van der Waals surface area (Å²) < 4.78 is 1.65. The van der Waals surface area contributed by atoms with Crippen LogP contribution < -0.4 is 5.32 Å². The third-order valence-corrected chi connectivity index (χ3v) is 5.19.